The zero-order chi connectivity index (χ0) is 9.31. The van der Waals surface area contributed by atoms with E-state index >= 15 is 0 Å². The molecule has 2 heteroatoms. The highest BCUT2D eigenvalue weighted by atomic mass is 32.2. The lowest BCUT2D eigenvalue weighted by atomic mass is 10.1. The molecule has 0 atom stereocenters. The maximum atomic E-state index is 2.62. The zero-order valence-electron chi connectivity index (χ0n) is 8.68. The van der Waals surface area contributed by atoms with Gasteiger partial charge in [0.2, 0.25) is 0 Å². The lowest BCUT2D eigenvalue weighted by molar-refractivity contribution is 0.287. The van der Waals surface area contributed by atoms with Gasteiger partial charge >= 0.3 is 0 Å². The van der Waals surface area contributed by atoms with Crippen molar-refractivity contribution < 1.29 is 0 Å². The predicted molar refractivity (Wildman–Crippen MR) is 60.3 cm³/mol. The molecular formula is C11H19NS. The number of nitrogens with zero attached hydrogens (tertiary/aromatic N) is 1. The Hall–Kier alpha value is 0.0500. The first-order chi connectivity index (χ1) is 6.24. The summed E-state index contributed by atoms with van der Waals surface area (Å²) < 4.78 is 0.650. The largest absolute Gasteiger partial charge is 0.298 e. The second-order valence-electron chi connectivity index (χ2n) is 4.44. The second-order valence-corrected chi connectivity index (χ2v) is 5.71. The van der Waals surface area contributed by atoms with Crippen LogP contribution in [0, 0.1) is 0 Å². The molecule has 1 heterocycles. The average molecular weight is 197 g/mol. The minimum absolute atomic E-state index is 0.650. The summed E-state index contributed by atoms with van der Waals surface area (Å²) in [6.07, 6.45) is 8.78. The average Bonchev–Trinajstić information content (AvgIpc) is 2.86. The summed E-state index contributed by atoms with van der Waals surface area (Å²) in [6, 6.07) is 0. The van der Waals surface area contributed by atoms with Crippen molar-refractivity contribution in [2.75, 3.05) is 25.9 Å². The van der Waals surface area contributed by atoms with Crippen LogP contribution >= 0.6 is 11.8 Å². The van der Waals surface area contributed by atoms with Crippen LogP contribution in [0.4, 0.5) is 0 Å². The SMILES string of the molecule is CSC1(CN2CCC=C(C)C2)CC1. The Morgan fingerprint density at radius 1 is 1.54 bits per heavy atom. The Morgan fingerprint density at radius 3 is 2.85 bits per heavy atom. The molecule has 0 bridgehead atoms. The maximum Gasteiger partial charge on any atom is 0.0285 e. The van der Waals surface area contributed by atoms with Crippen molar-refractivity contribution in [2.24, 2.45) is 0 Å². The molecule has 0 aromatic carbocycles. The summed E-state index contributed by atoms with van der Waals surface area (Å²) in [5.74, 6) is 0. The monoisotopic (exact) mass is 197 g/mol. The number of thioether (sulfide) groups is 1. The molecule has 1 aliphatic carbocycles. The van der Waals surface area contributed by atoms with E-state index in [0.717, 1.165) is 0 Å². The number of hydrogen-bond acceptors (Lipinski definition) is 2. The van der Waals surface area contributed by atoms with E-state index in [0.29, 0.717) is 4.75 Å². The first-order valence-electron chi connectivity index (χ1n) is 5.17. The van der Waals surface area contributed by atoms with Crippen LogP contribution in [0.15, 0.2) is 11.6 Å². The Kier molecular flexibility index (Phi) is 2.70. The quantitative estimate of drug-likeness (QED) is 0.640. The van der Waals surface area contributed by atoms with Gasteiger partial charge in [-0.05, 0) is 32.4 Å². The van der Waals surface area contributed by atoms with Gasteiger partial charge in [0.25, 0.3) is 0 Å². The van der Waals surface area contributed by atoms with Gasteiger partial charge in [-0.25, -0.2) is 0 Å². The van der Waals surface area contributed by atoms with Crippen molar-refractivity contribution in [3.63, 3.8) is 0 Å². The summed E-state index contributed by atoms with van der Waals surface area (Å²) in [5, 5.41) is 0. The number of rotatable bonds is 3. The zero-order valence-corrected chi connectivity index (χ0v) is 9.49. The minimum Gasteiger partial charge on any atom is -0.298 e. The molecule has 0 amide bonds. The summed E-state index contributed by atoms with van der Waals surface area (Å²) in [5.41, 5.74) is 1.56. The van der Waals surface area contributed by atoms with E-state index in [9.17, 15) is 0 Å². The molecule has 1 nitrogen and oxygen atoms in total. The van der Waals surface area contributed by atoms with Crippen molar-refractivity contribution in [1.29, 1.82) is 0 Å². The van der Waals surface area contributed by atoms with E-state index < -0.39 is 0 Å². The molecule has 1 saturated carbocycles. The Bertz CT molecular complexity index is 218. The topological polar surface area (TPSA) is 3.24 Å². The van der Waals surface area contributed by atoms with E-state index in [1.807, 2.05) is 0 Å². The minimum atomic E-state index is 0.650. The van der Waals surface area contributed by atoms with Gasteiger partial charge in [0, 0.05) is 24.4 Å². The molecule has 0 saturated heterocycles. The van der Waals surface area contributed by atoms with Crippen LogP contribution < -0.4 is 0 Å². The predicted octanol–water partition coefficient (Wildman–Crippen LogP) is 2.53. The van der Waals surface area contributed by atoms with Crippen LogP contribution in [0.3, 0.4) is 0 Å². The van der Waals surface area contributed by atoms with Crippen LogP contribution in [0.1, 0.15) is 26.2 Å². The standard InChI is InChI=1S/C11H19NS/c1-10-4-3-7-12(8-10)9-11(13-2)5-6-11/h4H,3,5-9H2,1-2H3. The smallest absolute Gasteiger partial charge is 0.0285 e. The van der Waals surface area contributed by atoms with Crippen LogP contribution in [0.5, 0.6) is 0 Å². The van der Waals surface area contributed by atoms with E-state index in [1.165, 1.54) is 38.9 Å². The van der Waals surface area contributed by atoms with Gasteiger partial charge in [-0.2, -0.15) is 11.8 Å². The Morgan fingerprint density at radius 2 is 2.31 bits per heavy atom. The fourth-order valence-corrected chi connectivity index (χ4v) is 2.92. The third-order valence-corrected chi connectivity index (χ3v) is 4.57. The van der Waals surface area contributed by atoms with Crippen LogP contribution in [0.2, 0.25) is 0 Å². The van der Waals surface area contributed by atoms with Crippen LogP contribution in [-0.2, 0) is 0 Å². The van der Waals surface area contributed by atoms with Crippen LogP contribution in [0.25, 0.3) is 0 Å². The van der Waals surface area contributed by atoms with Gasteiger partial charge in [0.15, 0.2) is 0 Å². The highest BCUT2D eigenvalue weighted by molar-refractivity contribution is 8.00. The van der Waals surface area contributed by atoms with E-state index in [1.54, 1.807) is 5.57 Å². The highest BCUT2D eigenvalue weighted by Gasteiger charge is 2.43. The molecule has 0 aromatic heterocycles. The maximum absolute atomic E-state index is 2.62. The van der Waals surface area contributed by atoms with Crippen molar-refractivity contribution in [2.45, 2.75) is 30.9 Å². The molecule has 2 aliphatic rings. The lowest BCUT2D eigenvalue weighted by Crippen LogP contribution is -2.35. The Labute approximate surface area is 85.6 Å². The fraction of sp³-hybridized carbons (Fsp3) is 0.818. The highest BCUT2D eigenvalue weighted by Crippen LogP contribution is 2.47. The van der Waals surface area contributed by atoms with Gasteiger partial charge in [0.05, 0.1) is 0 Å². The second kappa shape index (κ2) is 3.66. The fourth-order valence-electron chi connectivity index (χ4n) is 2.10. The van der Waals surface area contributed by atoms with E-state index in [2.05, 4.69) is 35.9 Å². The molecule has 0 aromatic rings. The Balaban J connectivity index is 1.85. The van der Waals surface area contributed by atoms with E-state index in [-0.39, 0.29) is 0 Å². The molecule has 74 valence electrons. The summed E-state index contributed by atoms with van der Waals surface area (Å²) in [4.78, 5) is 2.62. The summed E-state index contributed by atoms with van der Waals surface area (Å²) >= 11 is 2.07. The summed E-state index contributed by atoms with van der Waals surface area (Å²) in [7, 11) is 0. The molecule has 13 heavy (non-hydrogen) atoms. The van der Waals surface area contributed by atoms with Crippen molar-refractivity contribution in [3.05, 3.63) is 11.6 Å². The van der Waals surface area contributed by atoms with Gasteiger partial charge in [0.1, 0.15) is 0 Å². The van der Waals surface area contributed by atoms with Gasteiger partial charge in [-0.15, -0.1) is 0 Å². The van der Waals surface area contributed by atoms with Gasteiger partial charge in [-0.3, -0.25) is 4.90 Å². The normalized spacial score (nSPS) is 27.1. The molecule has 2 rings (SSSR count). The summed E-state index contributed by atoms with van der Waals surface area (Å²) in [6.45, 7) is 6.06. The van der Waals surface area contributed by atoms with Gasteiger partial charge in [-0.1, -0.05) is 11.6 Å². The van der Waals surface area contributed by atoms with Gasteiger partial charge < -0.3 is 0 Å². The molecule has 0 N–H and O–H groups in total. The third-order valence-electron chi connectivity index (χ3n) is 3.16. The first kappa shape index (κ1) is 9.60. The first-order valence-corrected chi connectivity index (χ1v) is 6.40. The molecule has 0 spiro atoms. The molecule has 1 fully saturated rings. The van der Waals surface area contributed by atoms with Crippen LogP contribution in [-0.4, -0.2) is 35.5 Å². The number of hydrogen-bond donors (Lipinski definition) is 0. The van der Waals surface area contributed by atoms with Crippen molar-refractivity contribution in [3.8, 4) is 0 Å². The van der Waals surface area contributed by atoms with Crippen molar-refractivity contribution >= 4 is 11.8 Å². The lowest BCUT2D eigenvalue weighted by Gasteiger charge is -2.29. The molecule has 1 aliphatic heterocycles. The third kappa shape index (κ3) is 2.29. The van der Waals surface area contributed by atoms with Crippen molar-refractivity contribution in [1.82, 2.24) is 4.90 Å². The molecule has 0 radical (unpaired) electrons. The molecular weight excluding hydrogens is 178 g/mol. The molecule has 0 unspecified atom stereocenters. The van der Waals surface area contributed by atoms with E-state index in [4.69, 9.17) is 0 Å².